The number of hydrogen-bond acceptors (Lipinski definition) is 4. The molecule has 0 aliphatic carbocycles. The summed E-state index contributed by atoms with van der Waals surface area (Å²) in [5.41, 5.74) is 1.37. The Hall–Kier alpha value is -2.18. The van der Waals surface area contributed by atoms with Crippen molar-refractivity contribution in [2.45, 2.75) is 4.90 Å². The summed E-state index contributed by atoms with van der Waals surface area (Å²) in [6.45, 7) is 0. The Morgan fingerprint density at radius 3 is 2.35 bits per heavy atom. The maximum Gasteiger partial charge on any atom is 0.291 e. The zero-order chi connectivity index (χ0) is 16.4. The largest absolute Gasteiger partial charge is 0.291 e. The van der Waals surface area contributed by atoms with Crippen molar-refractivity contribution in [1.82, 2.24) is 14.8 Å². The molecule has 3 rings (SSSR count). The van der Waals surface area contributed by atoms with E-state index >= 15 is 0 Å². The van der Waals surface area contributed by atoms with E-state index in [0.717, 1.165) is 10.5 Å². The molecule has 0 unspecified atom stereocenters. The molecular weight excluding hydrogens is 337 g/mol. The van der Waals surface area contributed by atoms with Crippen LogP contribution in [0, 0.1) is 5.82 Å². The Bertz CT molecular complexity index is 847. The second kappa shape index (κ2) is 6.52. The van der Waals surface area contributed by atoms with Gasteiger partial charge >= 0.3 is 0 Å². The minimum atomic E-state index is -0.743. The molecule has 0 saturated carbocycles. The van der Waals surface area contributed by atoms with Gasteiger partial charge in [0, 0.05) is 10.5 Å². The van der Waals surface area contributed by atoms with Gasteiger partial charge < -0.3 is 0 Å². The Balaban J connectivity index is 2.13. The number of carbonyl (C=O) groups is 1. The van der Waals surface area contributed by atoms with Crippen molar-refractivity contribution >= 4 is 28.6 Å². The zero-order valence-electron chi connectivity index (χ0n) is 12.0. The van der Waals surface area contributed by atoms with Gasteiger partial charge in [-0.2, -0.15) is 0 Å². The van der Waals surface area contributed by atoms with Gasteiger partial charge in [0.25, 0.3) is 5.24 Å². The van der Waals surface area contributed by atoms with E-state index in [9.17, 15) is 9.18 Å². The summed E-state index contributed by atoms with van der Waals surface area (Å²) in [6.07, 6.45) is 1.99. The van der Waals surface area contributed by atoms with Crippen molar-refractivity contribution in [2.24, 2.45) is 0 Å². The number of aromatic nitrogens is 3. The van der Waals surface area contributed by atoms with Crippen LogP contribution in [-0.4, -0.2) is 26.3 Å². The van der Waals surface area contributed by atoms with E-state index in [4.69, 9.17) is 11.6 Å². The molecule has 2 aromatic carbocycles. The predicted molar refractivity (Wildman–Crippen MR) is 88.7 cm³/mol. The molecule has 0 fully saturated rings. The SMILES string of the molecule is CSc1ccc(-c2nc(C(=O)Cl)nn2-c2ccc(F)cc2)cc1. The second-order valence-electron chi connectivity index (χ2n) is 4.65. The van der Waals surface area contributed by atoms with Gasteiger partial charge in [0.2, 0.25) is 5.82 Å². The summed E-state index contributed by atoms with van der Waals surface area (Å²) in [7, 11) is 0. The highest BCUT2D eigenvalue weighted by atomic mass is 35.5. The average Bonchev–Trinajstić information content (AvgIpc) is 3.01. The van der Waals surface area contributed by atoms with Gasteiger partial charge in [-0.05, 0) is 54.3 Å². The first-order valence-corrected chi connectivity index (χ1v) is 8.26. The van der Waals surface area contributed by atoms with E-state index in [0.29, 0.717) is 11.5 Å². The molecule has 0 spiro atoms. The van der Waals surface area contributed by atoms with Gasteiger partial charge in [0.05, 0.1) is 5.69 Å². The third-order valence-corrected chi connectivity index (χ3v) is 4.11. The van der Waals surface area contributed by atoms with Gasteiger partial charge in [-0.15, -0.1) is 16.9 Å². The number of benzene rings is 2. The van der Waals surface area contributed by atoms with Crippen LogP contribution in [0.1, 0.15) is 10.6 Å². The lowest BCUT2D eigenvalue weighted by atomic mass is 10.2. The van der Waals surface area contributed by atoms with Crippen LogP contribution in [-0.2, 0) is 0 Å². The smallest absolute Gasteiger partial charge is 0.272 e. The summed E-state index contributed by atoms with van der Waals surface area (Å²) in [5, 5.41) is 3.38. The van der Waals surface area contributed by atoms with Crippen LogP contribution in [0.2, 0.25) is 0 Å². The molecule has 1 aromatic heterocycles. The minimum absolute atomic E-state index is 0.0973. The van der Waals surface area contributed by atoms with Crippen LogP contribution in [0.5, 0.6) is 0 Å². The maximum atomic E-state index is 13.1. The first-order chi connectivity index (χ1) is 11.1. The second-order valence-corrected chi connectivity index (χ2v) is 5.87. The molecule has 0 N–H and O–H groups in total. The molecule has 3 aromatic rings. The van der Waals surface area contributed by atoms with Crippen LogP contribution in [0.3, 0.4) is 0 Å². The number of hydrogen-bond donors (Lipinski definition) is 0. The summed E-state index contributed by atoms with van der Waals surface area (Å²) in [5.74, 6) is 0.0153. The predicted octanol–water partition coefficient (Wildman–Crippen LogP) is 4.17. The molecule has 23 heavy (non-hydrogen) atoms. The molecule has 1 heterocycles. The fourth-order valence-corrected chi connectivity index (χ4v) is 2.57. The molecule has 0 atom stereocenters. The van der Waals surface area contributed by atoms with E-state index in [2.05, 4.69) is 10.1 Å². The summed E-state index contributed by atoms with van der Waals surface area (Å²) in [6, 6.07) is 13.4. The third-order valence-electron chi connectivity index (χ3n) is 3.20. The highest BCUT2D eigenvalue weighted by Crippen LogP contribution is 2.24. The lowest BCUT2D eigenvalue weighted by Crippen LogP contribution is -2.00. The summed E-state index contributed by atoms with van der Waals surface area (Å²) >= 11 is 7.12. The lowest BCUT2D eigenvalue weighted by Gasteiger charge is -2.06. The number of rotatable bonds is 4. The normalized spacial score (nSPS) is 10.7. The highest BCUT2D eigenvalue weighted by Gasteiger charge is 2.17. The van der Waals surface area contributed by atoms with Gasteiger partial charge in [0.15, 0.2) is 5.82 Å². The fraction of sp³-hybridized carbons (Fsp3) is 0.0625. The number of carbonyl (C=O) groups excluding carboxylic acids is 1. The van der Waals surface area contributed by atoms with E-state index in [1.54, 1.807) is 23.9 Å². The quantitative estimate of drug-likeness (QED) is 0.525. The highest BCUT2D eigenvalue weighted by molar-refractivity contribution is 7.98. The molecule has 0 radical (unpaired) electrons. The van der Waals surface area contributed by atoms with Crippen molar-refractivity contribution in [3.8, 4) is 17.1 Å². The molecule has 116 valence electrons. The van der Waals surface area contributed by atoms with Crippen LogP contribution in [0.15, 0.2) is 53.4 Å². The van der Waals surface area contributed by atoms with E-state index in [-0.39, 0.29) is 11.6 Å². The molecule has 0 aliphatic rings. The minimum Gasteiger partial charge on any atom is -0.272 e. The number of thioether (sulfide) groups is 1. The van der Waals surface area contributed by atoms with Crippen LogP contribution >= 0.6 is 23.4 Å². The standard InChI is InChI=1S/C16H11ClFN3OS/c1-23-13-8-2-10(3-9-13)16-19-15(14(17)22)20-21(16)12-6-4-11(18)5-7-12/h2-9H,1H3. The van der Waals surface area contributed by atoms with Gasteiger partial charge in [0.1, 0.15) is 5.82 Å². The van der Waals surface area contributed by atoms with Crippen LogP contribution in [0.25, 0.3) is 17.1 Å². The number of halogens is 2. The van der Waals surface area contributed by atoms with E-state index in [1.807, 2.05) is 30.5 Å². The number of nitrogens with zero attached hydrogens (tertiary/aromatic N) is 3. The van der Waals surface area contributed by atoms with Crippen molar-refractivity contribution in [2.75, 3.05) is 6.26 Å². The van der Waals surface area contributed by atoms with Crippen LogP contribution < -0.4 is 0 Å². The Morgan fingerprint density at radius 1 is 1.13 bits per heavy atom. The van der Waals surface area contributed by atoms with Crippen molar-refractivity contribution in [1.29, 1.82) is 0 Å². The van der Waals surface area contributed by atoms with Crippen molar-refractivity contribution in [3.05, 3.63) is 60.2 Å². The van der Waals surface area contributed by atoms with Gasteiger partial charge in [-0.1, -0.05) is 12.1 Å². The molecule has 0 bridgehead atoms. The van der Waals surface area contributed by atoms with Crippen molar-refractivity contribution in [3.63, 3.8) is 0 Å². The fourth-order valence-electron chi connectivity index (χ4n) is 2.08. The lowest BCUT2D eigenvalue weighted by molar-refractivity contribution is 0.107. The molecular formula is C16H11ClFN3OS. The average molecular weight is 348 g/mol. The molecule has 7 heteroatoms. The Kier molecular flexibility index (Phi) is 4.45. The molecule has 4 nitrogen and oxygen atoms in total. The molecule has 0 amide bonds. The molecule has 0 saturated heterocycles. The van der Waals surface area contributed by atoms with Gasteiger partial charge in [-0.3, -0.25) is 4.79 Å². The first kappa shape index (κ1) is 15.7. The van der Waals surface area contributed by atoms with Crippen molar-refractivity contribution < 1.29 is 9.18 Å². The van der Waals surface area contributed by atoms with E-state index in [1.165, 1.54) is 16.8 Å². The third kappa shape index (κ3) is 3.28. The molecule has 0 aliphatic heterocycles. The Labute approximate surface area is 141 Å². The summed E-state index contributed by atoms with van der Waals surface area (Å²) in [4.78, 5) is 16.7. The topological polar surface area (TPSA) is 47.8 Å². The zero-order valence-corrected chi connectivity index (χ0v) is 13.6. The van der Waals surface area contributed by atoms with E-state index < -0.39 is 5.24 Å². The van der Waals surface area contributed by atoms with Crippen LogP contribution in [0.4, 0.5) is 4.39 Å². The van der Waals surface area contributed by atoms with Gasteiger partial charge in [-0.25, -0.2) is 14.1 Å². The monoisotopic (exact) mass is 347 g/mol. The summed E-state index contributed by atoms with van der Waals surface area (Å²) < 4.78 is 14.6. The maximum absolute atomic E-state index is 13.1. The Morgan fingerprint density at radius 2 is 1.78 bits per heavy atom. The first-order valence-electron chi connectivity index (χ1n) is 6.66.